The van der Waals surface area contributed by atoms with E-state index in [-0.39, 0.29) is 4.58 Å². The summed E-state index contributed by atoms with van der Waals surface area (Å²) in [5, 5.41) is 0. The minimum Gasteiger partial charge on any atom is -0.493 e. The van der Waals surface area contributed by atoms with Gasteiger partial charge in [0.05, 0.1) is 29.5 Å². The number of methoxy groups -OCH3 is 3. The van der Waals surface area contributed by atoms with Crippen LogP contribution in [0.5, 0.6) is 17.2 Å². The first-order chi connectivity index (χ1) is 15.5. The SMILES string of the molecule is COc1cc(C(SSc2ccc(C)cc2)SSc2ccc(C)cc2)c(I)c(OC)c1OC. The molecule has 0 aliphatic carbocycles. The van der Waals surface area contributed by atoms with Crippen LogP contribution in [0.4, 0.5) is 0 Å². The summed E-state index contributed by atoms with van der Waals surface area (Å²) in [6.07, 6.45) is 0. The molecule has 0 amide bonds. The summed E-state index contributed by atoms with van der Waals surface area (Å²) in [7, 11) is 12.2. The van der Waals surface area contributed by atoms with Crippen LogP contribution in [0.25, 0.3) is 0 Å². The average molecular weight is 617 g/mol. The Morgan fingerprint density at radius 2 is 1.16 bits per heavy atom. The van der Waals surface area contributed by atoms with E-state index in [0.29, 0.717) is 17.2 Å². The van der Waals surface area contributed by atoms with Gasteiger partial charge in [0.25, 0.3) is 0 Å². The van der Waals surface area contributed by atoms with Crippen molar-refractivity contribution in [2.24, 2.45) is 0 Å². The molecule has 0 bridgehead atoms. The van der Waals surface area contributed by atoms with Crippen molar-refractivity contribution in [3.05, 3.63) is 74.9 Å². The van der Waals surface area contributed by atoms with Gasteiger partial charge >= 0.3 is 0 Å². The number of aryl methyl sites for hydroxylation is 2. The maximum atomic E-state index is 5.71. The van der Waals surface area contributed by atoms with Crippen LogP contribution in [0, 0.1) is 17.4 Å². The zero-order chi connectivity index (χ0) is 23.1. The van der Waals surface area contributed by atoms with E-state index in [2.05, 4.69) is 91.0 Å². The van der Waals surface area contributed by atoms with Gasteiger partial charge in [-0.05, 0) is 72.3 Å². The van der Waals surface area contributed by atoms with Crippen LogP contribution in [0.15, 0.2) is 64.4 Å². The third-order valence-electron chi connectivity index (χ3n) is 4.56. The van der Waals surface area contributed by atoms with Crippen molar-refractivity contribution in [2.75, 3.05) is 21.3 Å². The molecule has 0 saturated heterocycles. The normalized spacial score (nSPS) is 11.0. The Bertz CT molecular complexity index is 977. The van der Waals surface area contributed by atoms with Crippen molar-refractivity contribution in [3.8, 4) is 17.2 Å². The number of rotatable bonds is 10. The molecule has 170 valence electrons. The van der Waals surface area contributed by atoms with E-state index < -0.39 is 0 Å². The van der Waals surface area contributed by atoms with Crippen molar-refractivity contribution < 1.29 is 14.2 Å². The molecule has 0 spiro atoms. The molecule has 0 heterocycles. The van der Waals surface area contributed by atoms with Crippen LogP contribution in [0.2, 0.25) is 0 Å². The molecule has 3 rings (SSSR count). The topological polar surface area (TPSA) is 27.7 Å². The Morgan fingerprint density at radius 1 is 0.688 bits per heavy atom. The molecule has 3 aromatic rings. The van der Waals surface area contributed by atoms with Crippen molar-refractivity contribution in [1.29, 1.82) is 0 Å². The average Bonchev–Trinajstić information content (AvgIpc) is 2.81. The van der Waals surface area contributed by atoms with Gasteiger partial charge in [-0.1, -0.05) is 78.6 Å². The molecular formula is C24H25IO3S4. The fourth-order valence-electron chi connectivity index (χ4n) is 2.82. The molecule has 3 aromatic carbocycles. The minimum atomic E-state index is 0.133. The summed E-state index contributed by atoms with van der Waals surface area (Å²) in [5.41, 5.74) is 3.67. The van der Waals surface area contributed by atoms with Crippen LogP contribution in [-0.2, 0) is 0 Å². The smallest absolute Gasteiger partial charge is 0.204 e. The number of hydrogen-bond donors (Lipinski definition) is 0. The minimum absolute atomic E-state index is 0.133. The molecular weight excluding hydrogens is 591 g/mol. The lowest BCUT2D eigenvalue weighted by molar-refractivity contribution is 0.322. The quantitative estimate of drug-likeness (QED) is 0.128. The molecule has 0 aliphatic rings. The van der Waals surface area contributed by atoms with Gasteiger partial charge in [-0.25, -0.2) is 0 Å². The lowest BCUT2D eigenvalue weighted by Gasteiger charge is -2.21. The predicted molar refractivity (Wildman–Crippen MR) is 151 cm³/mol. The molecule has 3 nitrogen and oxygen atoms in total. The largest absolute Gasteiger partial charge is 0.493 e. The van der Waals surface area contributed by atoms with Gasteiger partial charge < -0.3 is 14.2 Å². The first kappa shape index (κ1) is 25.8. The third-order valence-corrected chi connectivity index (χ3v) is 11.8. The van der Waals surface area contributed by atoms with Crippen molar-refractivity contribution in [3.63, 3.8) is 0 Å². The van der Waals surface area contributed by atoms with Crippen molar-refractivity contribution in [2.45, 2.75) is 28.2 Å². The highest BCUT2D eigenvalue weighted by atomic mass is 127. The van der Waals surface area contributed by atoms with E-state index in [0.717, 1.165) is 9.13 Å². The molecule has 8 heteroatoms. The molecule has 0 unspecified atom stereocenters. The van der Waals surface area contributed by atoms with Crippen molar-refractivity contribution >= 4 is 65.8 Å². The van der Waals surface area contributed by atoms with E-state index in [1.807, 2.05) is 21.6 Å². The van der Waals surface area contributed by atoms with Gasteiger partial charge in [0, 0.05) is 9.79 Å². The van der Waals surface area contributed by atoms with Gasteiger partial charge in [-0.15, -0.1) is 0 Å². The Kier molecular flexibility index (Phi) is 10.2. The zero-order valence-corrected chi connectivity index (χ0v) is 23.9. The number of ether oxygens (including phenoxy) is 3. The monoisotopic (exact) mass is 616 g/mol. The first-order valence-electron chi connectivity index (χ1n) is 9.75. The second kappa shape index (κ2) is 12.6. The van der Waals surface area contributed by atoms with Crippen molar-refractivity contribution in [1.82, 2.24) is 0 Å². The highest BCUT2D eigenvalue weighted by molar-refractivity contribution is 14.1. The molecule has 0 aromatic heterocycles. The van der Waals surface area contributed by atoms with Gasteiger partial charge in [-0.3, -0.25) is 0 Å². The van der Waals surface area contributed by atoms with Crippen LogP contribution in [0.1, 0.15) is 21.3 Å². The molecule has 0 atom stereocenters. The van der Waals surface area contributed by atoms with E-state index in [9.17, 15) is 0 Å². The summed E-state index contributed by atoms with van der Waals surface area (Å²) in [6, 6.07) is 19.3. The molecule has 0 aliphatic heterocycles. The fourth-order valence-corrected chi connectivity index (χ4v) is 10.1. The van der Waals surface area contributed by atoms with E-state index in [1.165, 1.54) is 20.9 Å². The maximum absolute atomic E-state index is 5.71. The Morgan fingerprint density at radius 3 is 1.56 bits per heavy atom. The van der Waals surface area contributed by atoms with Gasteiger partial charge in [0.15, 0.2) is 11.5 Å². The number of halogens is 1. The highest BCUT2D eigenvalue weighted by Gasteiger charge is 2.25. The lowest BCUT2D eigenvalue weighted by Crippen LogP contribution is -2.01. The lowest BCUT2D eigenvalue weighted by atomic mass is 10.2. The molecule has 0 fully saturated rings. The Balaban J connectivity index is 1.92. The standard InChI is InChI=1S/C24H25IO3S4/c1-15-6-10-17(11-7-15)29-31-24(32-30-18-12-8-16(2)9-13-18)19-14-20(26-3)22(27-4)23(28-5)21(19)25/h6-14,24H,1-5H3. The predicted octanol–water partition coefficient (Wildman–Crippen LogP) is 8.81. The first-order valence-corrected chi connectivity index (χ1v) is 15.3. The number of benzene rings is 3. The molecule has 0 radical (unpaired) electrons. The van der Waals surface area contributed by atoms with Gasteiger partial charge in [0.1, 0.15) is 0 Å². The van der Waals surface area contributed by atoms with Gasteiger partial charge in [0.2, 0.25) is 5.75 Å². The Hall–Kier alpha value is -0.810. The second-order valence-corrected chi connectivity index (χ2v) is 13.0. The fraction of sp³-hybridized carbons (Fsp3) is 0.250. The van der Waals surface area contributed by atoms with Crippen LogP contribution < -0.4 is 14.2 Å². The summed E-state index contributed by atoms with van der Waals surface area (Å²) < 4.78 is 18.1. The second-order valence-electron chi connectivity index (χ2n) is 6.87. The van der Waals surface area contributed by atoms with Crippen LogP contribution in [0.3, 0.4) is 0 Å². The summed E-state index contributed by atoms with van der Waals surface area (Å²) in [4.78, 5) is 2.46. The Labute approximate surface area is 220 Å². The highest BCUT2D eigenvalue weighted by Crippen LogP contribution is 2.57. The number of hydrogen-bond acceptors (Lipinski definition) is 7. The zero-order valence-electron chi connectivity index (χ0n) is 18.5. The third kappa shape index (κ3) is 6.62. The maximum Gasteiger partial charge on any atom is 0.204 e. The molecule has 0 saturated carbocycles. The summed E-state index contributed by atoms with van der Waals surface area (Å²) in [6.45, 7) is 4.22. The van der Waals surface area contributed by atoms with E-state index in [4.69, 9.17) is 14.2 Å². The summed E-state index contributed by atoms with van der Waals surface area (Å²) in [5.74, 6) is 2.00. The van der Waals surface area contributed by atoms with Gasteiger partial charge in [-0.2, -0.15) is 0 Å². The molecule has 0 N–H and O–H groups in total. The summed E-state index contributed by atoms with van der Waals surface area (Å²) >= 11 is 2.35. The van der Waals surface area contributed by atoms with E-state index >= 15 is 0 Å². The van der Waals surface area contributed by atoms with E-state index in [1.54, 1.807) is 42.9 Å². The van der Waals surface area contributed by atoms with Crippen LogP contribution in [-0.4, -0.2) is 21.3 Å². The van der Waals surface area contributed by atoms with Crippen LogP contribution >= 0.6 is 65.8 Å². The molecule has 32 heavy (non-hydrogen) atoms.